The summed E-state index contributed by atoms with van der Waals surface area (Å²) in [7, 11) is 0. The van der Waals surface area contributed by atoms with Gasteiger partial charge in [-0.2, -0.15) is 0 Å². The van der Waals surface area contributed by atoms with E-state index in [1.54, 1.807) is 22.8 Å². The maximum Gasteiger partial charge on any atom is 0.271 e. The zero-order chi connectivity index (χ0) is 22.5. The van der Waals surface area contributed by atoms with Gasteiger partial charge in [-0.25, -0.2) is 4.99 Å². The standard InChI is InChI=1S/C27H19ClN2O2S/c28-19-11-13-22(31)18(14-19)15-23-26(32)30-25(17-7-2-1-3-8-17)21-12-10-16-6-4-5-9-20(16)24(21)29-27(30)33-23/h1-9,11,13-15,25,31H,10,12H2/t25-/m1/s1. The zero-order valence-corrected chi connectivity index (χ0v) is 19.1. The lowest BCUT2D eigenvalue weighted by atomic mass is 9.83. The van der Waals surface area contributed by atoms with Crippen molar-refractivity contribution in [2.75, 3.05) is 0 Å². The Kier molecular flexibility index (Phi) is 4.82. The number of hydrogen-bond acceptors (Lipinski definition) is 4. The molecule has 0 unspecified atom stereocenters. The van der Waals surface area contributed by atoms with Crippen LogP contribution in [0.4, 0.5) is 0 Å². The minimum atomic E-state index is -0.207. The first kappa shape index (κ1) is 20.2. The first-order chi connectivity index (χ1) is 16.1. The number of hydrogen-bond donors (Lipinski definition) is 1. The molecule has 0 radical (unpaired) electrons. The van der Waals surface area contributed by atoms with Gasteiger partial charge in [-0.1, -0.05) is 77.5 Å². The van der Waals surface area contributed by atoms with E-state index in [2.05, 4.69) is 30.3 Å². The van der Waals surface area contributed by atoms with Gasteiger partial charge in [-0.15, -0.1) is 0 Å². The number of rotatable bonds is 2. The predicted octanol–water partition coefficient (Wildman–Crippen LogP) is 4.68. The third-order valence-corrected chi connectivity index (χ3v) is 7.48. The molecule has 3 aromatic carbocycles. The third-order valence-electron chi connectivity index (χ3n) is 6.26. The molecule has 0 saturated carbocycles. The largest absolute Gasteiger partial charge is 0.507 e. The summed E-state index contributed by atoms with van der Waals surface area (Å²) in [6, 6.07) is 23.1. The van der Waals surface area contributed by atoms with Crippen LogP contribution in [0.15, 0.2) is 88.2 Å². The number of aryl methyl sites for hydroxylation is 1. The van der Waals surface area contributed by atoms with Crippen molar-refractivity contribution in [1.29, 1.82) is 0 Å². The molecular weight excluding hydrogens is 452 g/mol. The Morgan fingerprint density at radius 1 is 1.03 bits per heavy atom. The first-order valence-electron chi connectivity index (χ1n) is 10.8. The smallest absolute Gasteiger partial charge is 0.271 e. The van der Waals surface area contributed by atoms with Gasteiger partial charge in [-0.3, -0.25) is 9.36 Å². The second kappa shape index (κ2) is 7.87. The molecule has 4 nitrogen and oxygen atoms in total. The van der Waals surface area contributed by atoms with Crippen molar-refractivity contribution in [3.63, 3.8) is 0 Å². The highest BCUT2D eigenvalue weighted by molar-refractivity contribution is 7.07. The SMILES string of the molecule is O=c1c(=Cc2cc(Cl)ccc2O)sc2n1[C@H](c1ccccc1)C1=C(N=2)c2ccccc2CC1. The Morgan fingerprint density at radius 2 is 1.82 bits per heavy atom. The van der Waals surface area contributed by atoms with Gasteiger partial charge in [0.25, 0.3) is 5.56 Å². The fraction of sp³-hybridized carbons (Fsp3) is 0.111. The van der Waals surface area contributed by atoms with Crippen LogP contribution < -0.4 is 14.9 Å². The fourth-order valence-electron chi connectivity index (χ4n) is 4.74. The highest BCUT2D eigenvalue weighted by Crippen LogP contribution is 2.41. The van der Waals surface area contributed by atoms with Gasteiger partial charge in [0, 0.05) is 16.1 Å². The number of phenols is 1. The second-order valence-corrected chi connectivity index (χ2v) is 9.67. The Morgan fingerprint density at radius 3 is 2.67 bits per heavy atom. The number of fused-ring (bicyclic) bond motifs is 3. The molecule has 1 aliphatic carbocycles. The van der Waals surface area contributed by atoms with Gasteiger partial charge in [-0.05, 0) is 53.8 Å². The molecule has 1 N–H and O–H groups in total. The van der Waals surface area contributed by atoms with Crippen molar-refractivity contribution in [3.05, 3.63) is 125 Å². The Labute approximate surface area is 199 Å². The highest BCUT2D eigenvalue weighted by atomic mass is 35.5. The average molecular weight is 471 g/mol. The molecule has 2 heterocycles. The molecule has 2 aliphatic rings. The Balaban J connectivity index is 1.64. The van der Waals surface area contributed by atoms with Gasteiger partial charge < -0.3 is 5.11 Å². The molecule has 0 bridgehead atoms. The summed E-state index contributed by atoms with van der Waals surface area (Å²) in [6.45, 7) is 0. The van der Waals surface area contributed by atoms with Crippen molar-refractivity contribution in [2.45, 2.75) is 18.9 Å². The molecule has 4 aromatic rings. The van der Waals surface area contributed by atoms with E-state index >= 15 is 0 Å². The summed E-state index contributed by atoms with van der Waals surface area (Å²) in [6.07, 6.45) is 3.48. The lowest BCUT2D eigenvalue weighted by Crippen LogP contribution is -2.38. The van der Waals surface area contributed by atoms with Crippen LogP contribution in [-0.2, 0) is 6.42 Å². The van der Waals surface area contributed by atoms with Gasteiger partial charge in [0.2, 0.25) is 0 Å². The fourth-order valence-corrected chi connectivity index (χ4v) is 5.91. The van der Waals surface area contributed by atoms with E-state index in [1.165, 1.54) is 28.5 Å². The van der Waals surface area contributed by atoms with Crippen LogP contribution in [0.3, 0.4) is 0 Å². The summed E-state index contributed by atoms with van der Waals surface area (Å²) >= 11 is 7.46. The number of benzene rings is 3. The van der Waals surface area contributed by atoms with Gasteiger partial charge in [0.15, 0.2) is 4.80 Å². The summed E-state index contributed by atoms with van der Waals surface area (Å²) in [4.78, 5) is 19.3. The van der Waals surface area contributed by atoms with E-state index in [9.17, 15) is 9.90 Å². The molecule has 162 valence electrons. The highest BCUT2D eigenvalue weighted by Gasteiger charge is 2.32. The normalized spacial score (nSPS) is 17.2. The quantitative estimate of drug-likeness (QED) is 0.462. The van der Waals surface area contributed by atoms with E-state index < -0.39 is 0 Å². The molecular formula is C27H19ClN2O2S. The van der Waals surface area contributed by atoms with E-state index in [4.69, 9.17) is 16.6 Å². The summed E-state index contributed by atoms with van der Waals surface area (Å²) < 4.78 is 2.32. The monoisotopic (exact) mass is 470 g/mol. The molecule has 1 atom stereocenters. The minimum Gasteiger partial charge on any atom is -0.507 e. The molecule has 33 heavy (non-hydrogen) atoms. The van der Waals surface area contributed by atoms with Crippen LogP contribution in [-0.4, -0.2) is 9.67 Å². The van der Waals surface area contributed by atoms with Crippen LogP contribution in [0.1, 0.15) is 34.7 Å². The maximum atomic E-state index is 13.7. The third kappa shape index (κ3) is 3.36. The van der Waals surface area contributed by atoms with E-state index in [-0.39, 0.29) is 17.4 Å². The average Bonchev–Trinajstić information content (AvgIpc) is 3.15. The van der Waals surface area contributed by atoms with Crippen molar-refractivity contribution in [2.24, 2.45) is 4.99 Å². The van der Waals surface area contributed by atoms with Gasteiger partial charge in [0.1, 0.15) is 5.75 Å². The number of aromatic hydroxyl groups is 1. The number of allylic oxidation sites excluding steroid dienone is 1. The van der Waals surface area contributed by atoms with E-state index in [1.807, 2.05) is 24.3 Å². The lowest BCUT2D eigenvalue weighted by Gasteiger charge is -2.30. The molecule has 6 heteroatoms. The molecule has 0 spiro atoms. The van der Waals surface area contributed by atoms with Crippen LogP contribution in [0.2, 0.25) is 5.02 Å². The van der Waals surface area contributed by atoms with Gasteiger partial charge in [0.05, 0.1) is 16.3 Å². The summed E-state index contributed by atoms with van der Waals surface area (Å²) in [5.41, 5.74) is 6.04. The van der Waals surface area contributed by atoms with Crippen molar-refractivity contribution >= 4 is 34.7 Å². The van der Waals surface area contributed by atoms with Crippen LogP contribution >= 0.6 is 22.9 Å². The van der Waals surface area contributed by atoms with Crippen LogP contribution in [0, 0.1) is 0 Å². The first-order valence-corrected chi connectivity index (χ1v) is 12.0. The minimum absolute atomic E-state index is 0.0815. The molecule has 6 rings (SSSR count). The van der Waals surface area contributed by atoms with Crippen LogP contribution in [0.25, 0.3) is 11.8 Å². The number of aromatic nitrogens is 1. The molecule has 0 amide bonds. The second-order valence-electron chi connectivity index (χ2n) is 8.23. The number of phenolic OH excluding ortho intramolecular Hbond substituents is 1. The number of thiazole rings is 1. The molecule has 1 aromatic heterocycles. The zero-order valence-electron chi connectivity index (χ0n) is 17.5. The van der Waals surface area contributed by atoms with Crippen molar-refractivity contribution in [1.82, 2.24) is 4.57 Å². The molecule has 0 saturated heterocycles. The summed E-state index contributed by atoms with van der Waals surface area (Å²) in [5, 5.41) is 10.8. The number of nitrogens with zero attached hydrogens (tertiary/aromatic N) is 2. The number of halogens is 1. The Hall–Kier alpha value is -3.41. The predicted molar refractivity (Wildman–Crippen MR) is 132 cm³/mol. The maximum absolute atomic E-state index is 13.7. The van der Waals surface area contributed by atoms with Crippen molar-refractivity contribution < 1.29 is 5.11 Å². The Bertz CT molecular complexity index is 1620. The van der Waals surface area contributed by atoms with Crippen molar-refractivity contribution in [3.8, 4) is 5.75 Å². The van der Waals surface area contributed by atoms with Gasteiger partial charge >= 0.3 is 0 Å². The van der Waals surface area contributed by atoms with Crippen LogP contribution in [0.5, 0.6) is 5.75 Å². The van der Waals surface area contributed by atoms with E-state index in [0.717, 1.165) is 29.7 Å². The lowest BCUT2D eigenvalue weighted by molar-refractivity contribution is 0.474. The van der Waals surface area contributed by atoms with E-state index in [0.29, 0.717) is 19.9 Å². The molecule has 1 aliphatic heterocycles. The topological polar surface area (TPSA) is 54.6 Å². The molecule has 0 fully saturated rings. The summed E-state index contributed by atoms with van der Waals surface area (Å²) in [5.74, 6) is 0.0815.